The number of amides is 1. The van der Waals surface area contributed by atoms with Gasteiger partial charge in [-0.15, -0.1) is 0 Å². The zero-order valence-electron chi connectivity index (χ0n) is 17.0. The number of ether oxygens (including phenoxy) is 1. The van der Waals surface area contributed by atoms with Crippen molar-refractivity contribution in [2.75, 3.05) is 56.2 Å². The van der Waals surface area contributed by atoms with Crippen LogP contribution in [-0.2, 0) is 0 Å². The number of anilines is 2. The van der Waals surface area contributed by atoms with Crippen molar-refractivity contribution in [3.63, 3.8) is 0 Å². The van der Waals surface area contributed by atoms with Gasteiger partial charge in [0.05, 0.1) is 12.7 Å². The van der Waals surface area contributed by atoms with Gasteiger partial charge in [0.2, 0.25) is 0 Å². The van der Waals surface area contributed by atoms with E-state index in [-0.39, 0.29) is 0 Å². The van der Waals surface area contributed by atoms with E-state index in [0.29, 0.717) is 17.4 Å². The number of piperazine rings is 1. The first-order valence-electron chi connectivity index (χ1n) is 10.3. The van der Waals surface area contributed by atoms with Gasteiger partial charge in [-0.05, 0) is 37.1 Å². The number of primary amides is 1. The Morgan fingerprint density at radius 1 is 1.03 bits per heavy atom. The summed E-state index contributed by atoms with van der Waals surface area (Å²) in [7, 11) is 1.71. The average molecular weight is 396 g/mol. The summed E-state index contributed by atoms with van der Waals surface area (Å²) >= 11 is 0. The molecule has 2 N–H and O–H groups in total. The van der Waals surface area contributed by atoms with Crippen LogP contribution in [0, 0.1) is 0 Å². The van der Waals surface area contributed by atoms with E-state index in [2.05, 4.69) is 37.9 Å². The standard InChI is InChI=1S/C22H29N5O2/c1-29-19-5-2-4-18(16-19)25-10-7-17(8-11-25)26-12-14-27(15-13-26)22-20(21(23)28)6-3-9-24-22/h2-6,9,16-17H,7-8,10-15H2,1H3,(H2,23,28). The van der Waals surface area contributed by atoms with Gasteiger partial charge in [-0.3, -0.25) is 9.69 Å². The molecule has 2 aliphatic heterocycles. The highest BCUT2D eigenvalue weighted by Gasteiger charge is 2.29. The van der Waals surface area contributed by atoms with Crippen LogP contribution >= 0.6 is 0 Å². The maximum Gasteiger partial charge on any atom is 0.252 e. The molecule has 2 aromatic rings. The fourth-order valence-corrected chi connectivity index (χ4v) is 4.44. The molecule has 2 aliphatic rings. The Labute approximate surface area is 172 Å². The molecule has 0 spiro atoms. The van der Waals surface area contributed by atoms with Gasteiger partial charge >= 0.3 is 0 Å². The molecular weight excluding hydrogens is 366 g/mol. The highest BCUT2D eigenvalue weighted by molar-refractivity contribution is 5.97. The third-order valence-corrected chi connectivity index (χ3v) is 6.07. The summed E-state index contributed by atoms with van der Waals surface area (Å²) in [6, 6.07) is 12.4. The van der Waals surface area contributed by atoms with Gasteiger partial charge in [0, 0.05) is 63.3 Å². The summed E-state index contributed by atoms with van der Waals surface area (Å²) in [5.74, 6) is 1.21. The number of benzene rings is 1. The number of carbonyl (C=O) groups excluding carboxylic acids is 1. The van der Waals surface area contributed by atoms with Crippen LogP contribution in [0.2, 0.25) is 0 Å². The molecule has 2 saturated heterocycles. The first kappa shape index (κ1) is 19.5. The van der Waals surface area contributed by atoms with Gasteiger partial charge in [-0.1, -0.05) is 6.07 Å². The molecule has 2 fully saturated rings. The molecule has 1 aromatic heterocycles. The van der Waals surface area contributed by atoms with Crippen LogP contribution in [0.1, 0.15) is 23.2 Å². The molecule has 7 nitrogen and oxygen atoms in total. The molecule has 1 aromatic carbocycles. The van der Waals surface area contributed by atoms with Gasteiger partial charge in [-0.2, -0.15) is 0 Å². The van der Waals surface area contributed by atoms with Gasteiger partial charge in [0.1, 0.15) is 11.6 Å². The predicted molar refractivity (Wildman–Crippen MR) is 115 cm³/mol. The van der Waals surface area contributed by atoms with Crippen molar-refractivity contribution in [2.45, 2.75) is 18.9 Å². The van der Waals surface area contributed by atoms with E-state index in [9.17, 15) is 4.79 Å². The zero-order chi connectivity index (χ0) is 20.2. The number of nitrogens with zero attached hydrogens (tertiary/aromatic N) is 4. The Hall–Kier alpha value is -2.80. The fourth-order valence-electron chi connectivity index (χ4n) is 4.44. The molecule has 0 aliphatic carbocycles. The molecule has 0 radical (unpaired) electrons. The molecule has 0 atom stereocenters. The predicted octanol–water partition coefficient (Wildman–Crippen LogP) is 1.98. The van der Waals surface area contributed by atoms with Crippen LogP contribution in [0.3, 0.4) is 0 Å². The summed E-state index contributed by atoms with van der Waals surface area (Å²) in [6.07, 6.45) is 4.04. The smallest absolute Gasteiger partial charge is 0.252 e. The second-order valence-electron chi connectivity index (χ2n) is 7.68. The number of carbonyl (C=O) groups is 1. The number of rotatable bonds is 5. The zero-order valence-corrected chi connectivity index (χ0v) is 17.0. The Kier molecular flexibility index (Phi) is 5.85. The van der Waals surface area contributed by atoms with Crippen molar-refractivity contribution in [3.8, 4) is 5.75 Å². The van der Waals surface area contributed by atoms with E-state index in [0.717, 1.165) is 57.9 Å². The van der Waals surface area contributed by atoms with Gasteiger partial charge in [-0.25, -0.2) is 4.98 Å². The van der Waals surface area contributed by atoms with Crippen LogP contribution < -0.4 is 20.3 Å². The number of aromatic nitrogens is 1. The van der Waals surface area contributed by atoms with E-state index in [1.807, 2.05) is 6.07 Å². The molecule has 7 heteroatoms. The minimum Gasteiger partial charge on any atom is -0.497 e. The first-order chi connectivity index (χ1) is 14.2. The van der Waals surface area contributed by atoms with E-state index < -0.39 is 5.91 Å². The van der Waals surface area contributed by atoms with Crippen molar-refractivity contribution in [1.29, 1.82) is 0 Å². The molecule has 0 saturated carbocycles. The Morgan fingerprint density at radius 2 is 1.79 bits per heavy atom. The number of pyridine rings is 1. The normalized spacial score (nSPS) is 18.7. The lowest BCUT2D eigenvalue weighted by Gasteiger charge is -2.43. The molecule has 29 heavy (non-hydrogen) atoms. The quantitative estimate of drug-likeness (QED) is 0.834. The minimum atomic E-state index is -0.416. The van der Waals surface area contributed by atoms with Crippen LogP contribution in [0.25, 0.3) is 0 Å². The summed E-state index contributed by atoms with van der Waals surface area (Å²) in [5, 5.41) is 0. The van der Waals surface area contributed by atoms with Crippen LogP contribution in [-0.4, -0.2) is 68.2 Å². The number of nitrogens with two attached hydrogens (primary N) is 1. The molecule has 3 heterocycles. The SMILES string of the molecule is COc1cccc(N2CCC(N3CCN(c4ncccc4C(N)=O)CC3)CC2)c1. The Bertz CT molecular complexity index is 843. The number of piperidine rings is 1. The van der Waals surface area contributed by atoms with Crippen molar-refractivity contribution in [3.05, 3.63) is 48.2 Å². The maximum absolute atomic E-state index is 11.7. The van der Waals surface area contributed by atoms with E-state index in [1.165, 1.54) is 5.69 Å². The second-order valence-corrected chi connectivity index (χ2v) is 7.68. The third kappa shape index (κ3) is 4.29. The van der Waals surface area contributed by atoms with Gasteiger partial charge in [0.15, 0.2) is 0 Å². The molecule has 0 bridgehead atoms. The number of hydrogen-bond acceptors (Lipinski definition) is 6. The fraction of sp³-hybridized carbons (Fsp3) is 0.455. The summed E-state index contributed by atoms with van der Waals surface area (Å²) in [5.41, 5.74) is 7.26. The van der Waals surface area contributed by atoms with Crippen LogP contribution in [0.15, 0.2) is 42.6 Å². The van der Waals surface area contributed by atoms with Crippen molar-refractivity contribution >= 4 is 17.4 Å². The Balaban J connectivity index is 1.32. The van der Waals surface area contributed by atoms with Crippen molar-refractivity contribution < 1.29 is 9.53 Å². The lowest BCUT2D eigenvalue weighted by molar-refractivity contribution is 0.1000. The largest absolute Gasteiger partial charge is 0.497 e. The Morgan fingerprint density at radius 3 is 2.48 bits per heavy atom. The van der Waals surface area contributed by atoms with E-state index in [1.54, 1.807) is 25.4 Å². The first-order valence-corrected chi connectivity index (χ1v) is 10.3. The number of hydrogen-bond donors (Lipinski definition) is 1. The second kappa shape index (κ2) is 8.69. The minimum absolute atomic E-state index is 0.416. The van der Waals surface area contributed by atoms with Gasteiger partial charge < -0.3 is 20.3 Å². The average Bonchev–Trinajstić information content (AvgIpc) is 2.79. The molecule has 1 amide bonds. The number of methoxy groups -OCH3 is 1. The van der Waals surface area contributed by atoms with Crippen molar-refractivity contribution in [2.24, 2.45) is 5.73 Å². The van der Waals surface area contributed by atoms with E-state index >= 15 is 0 Å². The van der Waals surface area contributed by atoms with Crippen LogP contribution in [0.4, 0.5) is 11.5 Å². The molecule has 4 rings (SSSR count). The topological polar surface area (TPSA) is 74.9 Å². The maximum atomic E-state index is 11.7. The highest BCUT2D eigenvalue weighted by atomic mass is 16.5. The summed E-state index contributed by atoms with van der Waals surface area (Å²) in [6.45, 7) is 5.83. The van der Waals surface area contributed by atoms with E-state index in [4.69, 9.17) is 10.5 Å². The molecule has 154 valence electrons. The third-order valence-electron chi connectivity index (χ3n) is 6.07. The van der Waals surface area contributed by atoms with Crippen molar-refractivity contribution in [1.82, 2.24) is 9.88 Å². The molecule has 0 unspecified atom stereocenters. The van der Waals surface area contributed by atoms with Gasteiger partial charge in [0.25, 0.3) is 5.91 Å². The summed E-state index contributed by atoms with van der Waals surface area (Å²) in [4.78, 5) is 23.3. The highest BCUT2D eigenvalue weighted by Crippen LogP contribution is 2.27. The monoisotopic (exact) mass is 395 g/mol. The summed E-state index contributed by atoms with van der Waals surface area (Å²) < 4.78 is 5.36. The lowest BCUT2D eigenvalue weighted by Crippen LogP contribution is -2.53. The molecular formula is C22H29N5O2. The van der Waals surface area contributed by atoms with Crippen LogP contribution in [0.5, 0.6) is 5.75 Å². The lowest BCUT2D eigenvalue weighted by atomic mass is 10.0.